The molecule has 2 heterocycles. The first-order valence-electron chi connectivity index (χ1n) is 10.1. The highest BCUT2D eigenvalue weighted by molar-refractivity contribution is 5.76. The van der Waals surface area contributed by atoms with Crippen LogP contribution < -0.4 is 14.2 Å². The molecule has 0 N–H and O–H groups in total. The molecule has 1 aromatic heterocycles. The lowest BCUT2D eigenvalue weighted by Crippen LogP contribution is -2.30. The number of carbonyl (C=O) groups excluding carboxylic acids is 1. The standard InChI is InChI=1S/C24H25NO5/c1-3-25(15-17-4-11-22-23(14-17)29-16-28-22)24(26)13-10-20-9-12-21(30-20)18-5-7-19(27-2)8-6-18/h4-9,11-12,14H,3,10,13,15-16H2,1-2H3. The van der Waals surface area contributed by atoms with Crippen molar-refractivity contribution in [1.82, 2.24) is 4.90 Å². The van der Waals surface area contributed by atoms with Gasteiger partial charge in [-0.1, -0.05) is 6.07 Å². The topological polar surface area (TPSA) is 61.1 Å². The van der Waals surface area contributed by atoms with Gasteiger partial charge in [0, 0.05) is 31.5 Å². The average Bonchev–Trinajstić information content (AvgIpc) is 3.45. The maximum Gasteiger partial charge on any atom is 0.231 e. The molecule has 30 heavy (non-hydrogen) atoms. The smallest absolute Gasteiger partial charge is 0.231 e. The average molecular weight is 407 g/mol. The maximum absolute atomic E-state index is 12.7. The number of rotatable bonds is 8. The predicted molar refractivity (Wildman–Crippen MR) is 113 cm³/mol. The second kappa shape index (κ2) is 8.95. The summed E-state index contributed by atoms with van der Waals surface area (Å²) in [6.45, 7) is 3.42. The summed E-state index contributed by atoms with van der Waals surface area (Å²) in [5.74, 6) is 3.97. The minimum absolute atomic E-state index is 0.0950. The third-order valence-electron chi connectivity index (χ3n) is 5.17. The third kappa shape index (κ3) is 4.43. The molecule has 3 aromatic rings. The van der Waals surface area contributed by atoms with Gasteiger partial charge in [-0.25, -0.2) is 0 Å². The molecule has 0 atom stereocenters. The number of aryl methyl sites for hydroxylation is 1. The van der Waals surface area contributed by atoms with Gasteiger partial charge in [0.1, 0.15) is 17.3 Å². The zero-order chi connectivity index (χ0) is 20.9. The molecule has 0 spiro atoms. The highest BCUT2D eigenvalue weighted by Gasteiger charge is 2.17. The number of amides is 1. The molecule has 4 rings (SSSR count). The Morgan fingerprint density at radius 2 is 1.83 bits per heavy atom. The van der Waals surface area contributed by atoms with E-state index in [0.29, 0.717) is 25.9 Å². The molecule has 0 saturated heterocycles. The van der Waals surface area contributed by atoms with Crippen LogP contribution in [0, 0.1) is 0 Å². The Labute approximate surface area is 176 Å². The van der Waals surface area contributed by atoms with Gasteiger partial charge in [-0.2, -0.15) is 0 Å². The summed E-state index contributed by atoms with van der Waals surface area (Å²) in [6, 6.07) is 17.4. The van der Waals surface area contributed by atoms with E-state index in [4.69, 9.17) is 18.6 Å². The first-order chi connectivity index (χ1) is 14.7. The minimum Gasteiger partial charge on any atom is -0.497 e. The van der Waals surface area contributed by atoms with Crippen molar-refractivity contribution in [2.24, 2.45) is 0 Å². The zero-order valence-corrected chi connectivity index (χ0v) is 17.2. The lowest BCUT2D eigenvalue weighted by Gasteiger charge is -2.21. The normalized spacial score (nSPS) is 12.1. The van der Waals surface area contributed by atoms with Crippen LogP contribution in [0.25, 0.3) is 11.3 Å². The van der Waals surface area contributed by atoms with E-state index in [2.05, 4.69) is 0 Å². The molecule has 0 radical (unpaired) electrons. The number of furan rings is 1. The van der Waals surface area contributed by atoms with Gasteiger partial charge in [0.15, 0.2) is 11.5 Å². The van der Waals surface area contributed by atoms with E-state index in [1.807, 2.05) is 66.4 Å². The van der Waals surface area contributed by atoms with Gasteiger partial charge in [-0.05, 0) is 61.0 Å². The van der Waals surface area contributed by atoms with Gasteiger partial charge in [-0.15, -0.1) is 0 Å². The van der Waals surface area contributed by atoms with E-state index in [1.165, 1.54) is 0 Å². The fraction of sp³-hybridized carbons (Fsp3) is 0.292. The summed E-state index contributed by atoms with van der Waals surface area (Å²) in [7, 11) is 1.64. The monoisotopic (exact) mass is 407 g/mol. The summed E-state index contributed by atoms with van der Waals surface area (Å²) in [5.41, 5.74) is 2.00. The van der Waals surface area contributed by atoms with Crippen LogP contribution >= 0.6 is 0 Å². The number of fused-ring (bicyclic) bond motifs is 1. The SMILES string of the molecule is CCN(Cc1ccc2c(c1)OCO2)C(=O)CCc1ccc(-c2ccc(OC)cc2)o1. The van der Waals surface area contributed by atoms with E-state index in [9.17, 15) is 4.79 Å². The van der Waals surface area contributed by atoms with Crippen molar-refractivity contribution >= 4 is 5.91 Å². The predicted octanol–water partition coefficient (Wildman–Crippen LogP) is 4.67. The molecular formula is C24H25NO5. The molecular weight excluding hydrogens is 382 g/mol. The second-order valence-electron chi connectivity index (χ2n) is 7.09. The Balaban J connectivity index is 1.34. The molecule has 6 heteroatoms. The number of nitrogens with zero attached hydrogens (tertiary/aromatic N) is 1. The van der Waals surface area contributed by atoms with Crippen molar-refractivity contribution in [2.75, 3.05) is 20.4 Å². The number of carbonyl (C=O) groups is 1. The number of methoxy groups -OCH3 is 1. The van der Waals surface area contributed by atoms with Crippen LogP contribution in [0.1, 0.15) is 24.7 Å². The van der Waals surface area contributed by atoms with Crippen molar-refractivity contribution in [3.05, 3.63) is 65.9 Å². The highest BCUT2D eigenvalue weighted by atomic mass is 16.7. The zero-order valence-electron chi connectivity index (χ0n) is 17.2. The number of hydrogen-bond donors (Lipinski definition) is 0. The lowest BCUT2D eigenvalue weighted by atomic mass is 10.1. The Hall–Kier alpha value is -3.41. The molecule has 1 aliphatic heterocycles. The Bertz CT molecular complexity index is 1010. The van der Waals surface area contributed by atoms with Crippen molar-refractivity contribution < 1.29 is 23.4 Å². The maximum atomic E-state index is 12.7. The Morgan fingerprint density at radius 1 is 1.03 bits per heavy atom. The van der Waals surface area contributed by atoms with E-state index >= 15 is 0 Å². The van der Waals surface area contributed by atoms with Crippen molar-refractivity contribution in [3.63, 3.8) is 0 Å². The summed E-state index contributed by atoms with van der Waals surface area (Å²) < 4.78 is 21.9. The van der Waals surface area contributed by atoms with Crippen molar-refractivity contribution in [1.29, 1.82) is 0 Å². The lowest BCUT2D eigenvalue weighted by molar-refractivity contribution is -0.131. The molecule has 0 fully saturated rings. The molecule has 156 valence electrons. The largest absolute Gasteiger partial charge is 0.497 e. The Morgan fingerprint density at radius 3 is 2.60 bits per heavy atom. The molecule has 6 nitrogen and oxygen atoms in total. The summed E-state index contributed by atoms with van der Waals surface area (Å²) in [4.78, 5) is 14.6. The van der Waals surface area contributed by atoms with Gasteiger partial charge >= 0.3 is 0 Å². The summed E-state index contributed by atoms with van der Waals surface area (Å²) >= 11 is 0. The molecule has 2 aromatic carbocycles. The number of hydrogen-bond acceptors (Lipinski definition) is 5. The van der Waals surface area contributed by atoms with Crippen molar-refractivity contribution in [3.8, 4) is 28.6 Å². The van der Waals surface area contributed by atoms with Crippen LogP contribution in [0.15, 0.2) is 59.0 Å². The quantitative estimate of drug-likeness (QED) is 0.543. The fourth-order valence-corrected chi connectivity index (χ4v) is 3.45. The van der Waals surface area contributed by atoms with Crippen LogP contribution in [-0.2, 0) is 17.8 Å². The molecule has 1 aliphatic rings. The van der Waals surface area contributed by atoms with Gasteiger partial charge < -0.3 is 23.5 Å². The van der Waals surface area contributed by atoms with Gasteiger partial charge in [0.25, 0.3) is 0 Å². The van der Waals surface area contributed by atoms with Crippen LogP contribution in [-0.4, -0.2) is 31.3 Å². The second-order valence-corrected chi connectivity index (χ2v) is 7.09. The number of benzene rings is 2. The van der Waals surface area contributed by atoms with Crippen LogP contribution in [0.3, 0.4) is 0 Å². The van der Waals surface area contributed by atoms with E-state index in [0.717, 1.165) is 39.9 Å². The summed E-state index contributed by atoms with van der Waals surface area (Å²) in [5, 5.41) is 0. The first kappa shape index (κ1) is 19.9. The molecule has 0 bridgehead atoms. The van der Waals surface area contributed by atoms with Gasteiger partial charge in [0.2, 0.25) is 12.7 Å². The highest BCUT2D eigenvalue weighted by Crippen LogP contribution is 2.33. The van der Waals surface area contributed by atoms with Crippen LogP contribution in [0.5, 0.6) is 17.2 Å². The first-order valence-corrected chi connectivity index (χ1v) is 10.1. The van der Waals surface area contributed by atoms with Crippen LogP contribution in [0.4, 0.5) is 0 Å². The van der Waals surface area contributed by atoms with Crippen molar-refractivity contribution in [2.45, 2.75) is 26.3 Å². The van der Waals surface area contributed by atoms with E-state index < -0.39 is 0 Å². The number of ether oxygens (including phenoxy) is 3. The molecule has 0 aliphatic carbocycles. The van der Waals surface area contributed by atoms with Gasteiger partial charge in [-0.3, -0.25) is 4.79 Å². The van der Waals surface area contributed by atoms with Gasteiger partial charge in [0.05, 0.1) is 7.11 Å². The van der Waals surface area contributed by atoms with E-state index in [-0.39, 0.29) is 12.7 Å². The minimum atomic E-state index is 0.0950. The molecule has 0 unspecified atom stereocenters. The Kier molecular flexibility index (Phi) is 5.93. The summed E-state index contributed by atoms with van der Waals surface area (Å²) in [6.07, 6.45) is 0.959. The molecule has 1 amide bonds. The molecule has 0 saturated carbocycles. The van der Waals surface area contributed by atoms with Crippen LogP contribution in [0.2, 0.25) is 0 Å². The fourth-order valence-electron chi connectivity index (χ4n) is 3.45. The van der Waals surface area contributed by atoms with E-state index in [1.54, 1.807) is 7.11 Å². The third-order valence-corrected chi connectivity index (χ3v) is 5.17.